The molecule has 0 spiro atoms. The summed E-state index contributed by atoms with van der Waals surface area (Å²) in [5.41, 5.74) is 3.61. The molecule has 2 amide bonds. The maximum absolute atomic E-state index is 12.4. The SMILES string of the molecule is Cc1nn(Cc2ccccc2)c(Cl)c1/C=C/C(=O)Nc1cccc(C(=O)NC2CC2)c1. The number of carbonyl (C=O) groups excluding carboxylic acids is 2. The summed E-state index contributed by atoms with van der Waals surface area (Å²) in [4.78, 5) is 24.6. The number of halogens is 1. The van der Waals surface area contributed by atoms with E-state index in [1.54, 1.807) is 35.0 Å². The summed E-state index contributed by atoms with van der Waals surface area (Å²) < 4.78 is 1.71. The molecule has 6 nitrogen and oxygen atoms in total. The number of nitrogens with zero attached hydrogens (tertiary/aromatic N) is 2. The zero-order valence-electron chi connectivity index (χ0n) is 17.1. The van der Waals surface area contributed by atoms with Crippen LogP contribution in [0.3, 0.4) is 0 Å². The first-order valence-corrected chi connectivity index (χ1v) is 10.5. The summed E-state index contributed by atoms with van der Waals surface area (Å²) in [6.45, 7) is 2.41. The van der Waals surface area contributed by atoms with Crippen LogP contribution >= 0.6 is 11.6 Å². The van der Waals surface area contributed by atoms with Crippen LogP contribution in [0.25, 0.3) is 6.08 Å². The van der Waals surface area contributed by atoms with Crippen LogP contribution in [0, 0.1) is 6.92 Å². The van der Waals surface area contributed by atoms with E-state index in [9.17, 15) is 9.59 Å². The van der Waals surface area contributed by atoms with Gasteiger partial charge < -0.3 is 10.6 Å². The van der Waals surface area contributed by atoms with Crippen LogP contribution in [0.2, 0.25) is 5.15 Å². The molecule has 1 saturated carbocycles. The summed E-state index contributed by atoms with van der Waals surface area (Å²) in [6.07, 6.45) is 5.12. The highest BCUT2D eigenvalue weighted by Crippen LogP contribution is 2.23. The minimum atomic E-state index is -0.314. The number of rotatable bonds is 7. The maximum Gasteiger partial charge on any atom is 0.251 e. The third-order valence-corrected chi connectivity index (χ3v) is 5.39. The molecule has 158 valence electrons. The van der Waals surface area contributed by atoms with E-state index >= 15 is 0 Å². The lowest BCUT2D eigenvalue weighted by Crippen LogP contribution is -2.25. The third-order valence-electron chi connectivity index (χ3n) is 4.99. The monoisotopic (exact) mass is 434 g/mol. The van der Waals surface area contributed by atoms with Crippen molar-refractivity contribution in [3.63, 3.8) is 0 Å². The molecule has 2 aromatic carbocycles. The number of benzene rings is 2. The molecule has 1 aliphatic carbocycles. The molecule has 31 heavy (non-hydrogen) atoms. The van der Waals surface area contributed by atoms with Gasteiger partial charge in [0.05, 0.1) is 12.2 Å². The summed E-state index contributed by atoms with van der Waals surface area (Å²) in [7, 11) is 0. The minimum Gasteiger partial charge on any atom is -0.349 e. The number of aryl methyl sites for hydroxylation is 1. The molecular weight excluding hydrogens is 412 g/mol. The van der Waals surface area contributed by atoms with Crippen molar-refractivity contribution >= 4 is 35.2 Å². The Hall–Kier alpha value is -3.38. The fraction of sp³-hybridized carbons (Fsp3) is 0.208. The Bertz CT molecular complexity index is 1130. The fourth-order valence-corrected chi connectivity index (χ4v) is 3.49. The van der Waals surface area contributed by atoms with E-state index in [4.69, 9.17) is 11.6 Å². The van der Waals surface area contributed by atoms with E-state index in [2.05, 4.69) is 15.7 Å². The van der Waals surface area contributed by atoms with Gasteiger partial charge in [-0.3, -0.25) is 9.59 Å². The van der Waals surface area contributed by atoms with Crippen molar-refractivity contribution in [3.8, 4) is 0 Å². The second kappa shape index (κ2) is 9.18. The summed E-state index contributed by atoms with van der Waals surface area (Å²) >= 11 is 6.50. The number of hydrogen-bond donors (Lipinski definition) is 2. The molecule has 1 aliphatic rings. The first kappa shape index (κ1) is 20.9. The number of anilines is 1. The minimum absolute atomic E-state index is 0.123. The molecule has 1 fully saturated rings. The first-order chi connectivity index (χ1) is 15.0. The largest absolute Gasteiger partial charge is 0.349 e. The van der Waals surface area contributed by atoms with E-state index < -0.39 is 0 Å². The number of hydrogen-bond acceptors (Lipinski definition) is 3. The molecule has 7 heteroatoms. The predicted octanol–water partition coefficient (Wildman–Crippen LogP) is 4.44. The Labute approximate surface area is 185 Å². The molecule has 0 atom stereocenters. The highest BCUT2D eigenvalue weighted by molar-refractivity contribution is 6.31. The van der Waals surface area contributed by atoms with Crippen LogP contribution in [-0.4, -0.2) is 27.6 Å². The van der Waals surface area contributed by atoms with Gasteiger partial charge >= 0.3 is 0 Å². The van der Waals surface area contributed by atoms with Crippen molar-refractivity contribution in [2.45, 2.75) is 32.4 Å². The predicted molar refractivity (Wildman–Crippen MR) is 122 cm³/mol. The summed E-state index contributed by atoms with van der Waals surface area (Å²) in [6, 6.07) is 17.1. The van der Waals surface area contributed by atoms with E-state index in [-0.39, 0.29) is 17.9 Å². The van der Waals surface area contributed by atoms with Gasteiger partial charge in [-0.25, -0.2) is 4.68 Å². The average Bonchev–Trinajstić information content (AvgIpc) is 3.53. The molecule has 0 saturated heterocycles. The topological polar surface area (TPSA) is 76.0 Å². The van der Waals surface area contributed by atoms with E-state index in [0.717, 1.165) is 24.1 Å². The fourth-order valence-electron chi connectivity index (χ4n) is 3.20. The Kier molecular flexibility index (Phi) is 6.18. The van der Waals surface area contributed by atoms with Crippen LogP contribution in [-0.2, 0) is 11.3 Å². The number of carbonyl (C=O) groups is 2. The van der Waals surface area contributed by atoms with Gasteiger partial charge in [0.15, 0.2) is 0 Å². The van der Waals surface area contributed by atoms with Crippen molar-refractivity contribution in [1.29, 1.82) is 0 Å². The molecule has 0 bridgehead atoms. The second-order valence-corrected chi connectivity index (χ2v) is 7.94. The Morgan fingerprint density at radius 2 is 1.94 bits per heavy atom. The van der Waals surface area contributed by atoms with Gasteiger partial charge in [0, 0.05) is 28.9 Å². The van der Waals surface area contributed by atoms with Crippen molar-refractivity contribution in [2.75, 3.05) is 5.32 Å². The summed E-state index contributed by atoms with van der Waals surface area (Å²) in [5, 5.41) is 10.7. The van der Waals surface area contributed by atoms with E-state index in [0.29, 0.717) is 28.5 Å². The number of amides is 2. The molecular formula is C24H23ClN4O2. The Morgan fingerprint density at radius 1 is 1.16 bits per heavy atom. The zero-order valence-corrected chi connectivity index (χ0v) is 17.9. The van der Waals surface area contributed by atoms with Crippen molar-refractivity contribution in [3.05, 3.63) is 88.2 Å². The first-order valence-electron chi connectivity index (χ1n) is 10.2. The molecule has 2 N–H and O–H groups in total. The van der Waals surface area contributed by atoms with Crippen LogP contribution < -0.4 is 10.6 Å². The van der Waals surface area contributed by atoms with Gasteiger partial charge in [-0.2, -0.15) is 5.10 Å². The van der Waals surface area contributed by atoms with Gasteiger partial charge in [-0.15, -0.1) is 0 Å². The quantitative estimate of drug-likeness (QED) is 0.540. The summed E-state index contributed by atoms with van der Waals surface area (Å²) in [5.74, 6) is -0.437. The average molecular weight is 435 g/mol. The molecule has 0 unspecified atom stereocenters. The second-order valence-electron chi connectivity index (χ2n) is 7.58. The smallest absolute Gasteiger partial charge is 0.251 e. The van der Waals surface area contributed by atoms with Crippen molar-refractivity contribution in [2.24, 2.45) is 0 Å². The molecule has 0 aliphatic heterocycles. The molecule has 4 rings (SSSR count). The Morgan fingerprint density at radius 3 is 2.68 bits per heavy atom. The van der Waals surface area contributed by atoms with Crippen LogP contribution in [0.5, 0.6) is 0 Å². The lowest BCUT2D eigenvalue weighted by molar-refractivity contribution is -0.111. The van der Waals surface area contributed by atoms with Crippen molar-refractivity contribution < 1.29 is 9.59 Å². The van der Waals surface area contributed by atoms with Gasteiger partial charge in [-0.1, -0.05) is 48.0 Å². The molecule has 1 aromatic heterocycles. The standard InChI is InChI=1S/C24H23ClN4O2/c1-16-21(23(25)29(28-16)15-17-6-3-2-4-7-17)12-13-22(30)26-20-9-5-8-18(14-20)24(31)27-19-10-11-19/h2-9,12-14,19H,10-11,15H2,1H3,(H,26,30)(H,27,31)/b13-12+. The number of aromatic nitrogens is 2. The van der Waals surface area contributed by atoms with Gasteiger partial charge in [0.25, 0.3) is 5.91 Å². The normalized spacial score (nSPS) is 13.4. The van der Waals surface area contributed by atoms with Crippen LogP contribution in [0.1, 0.15) is 40.0 Å². The van der Waals surface area contributed by atoms with E-state index in [1.807, 2.05) is 37.3 Å². The molecule has 1 heterocycles. The van der Waals surface area contributed by atoms with Crippen LogP contribution in [0.4, 0.5) is 5.69 Å². The van der Waals surface area contributed by atoms with Crippen LogP contribution in [0.15, 0.2) is 60.7 Å². The van der Waals surface area contributed by atoms with Gasteiger partial charge in [0.2, 0.25) is 5.91 Å². The Balaban J connectivity index is 1.42. The number of nitrogens with one attached hydrogen (secondary N) is 2. The zero-order chi connectivity index (χ0) is 21.8. The third kappa shape index (κ3) is 5.41. The highest BCUT2D eigenvalue weighted by atomic mass is 35.5. The molecule has 0 radical (unpaired) electrons. The van der Waals surface area contributed by atoms with Crippen molar-refractivity contribution in [1.82, 2.24) is 15.1 Å². The maximum atomic E-state index is 12.4. The van der Waals surface area contributed by atoms with Gasteiger partial charge in [0.1, 0.15) is 5.15 Å². The lowest BCUT2D eigenvalue weighted by atomic mass is 10.2. The van der Waals surface area contributed by atoms with Gasteiger partial charge in [-0.05, 0) is 49.6 Å². The lowest BCUT2D eigenvalue weighted by Gasteiger charge is -2.06. The van der Waals surface area contributed by atoms with E-state index in [1.165, 1.54) is 6.08 Å². The highest BCUT2D eigenvalue weighted by Gasteiger charge is 2.23. The molecule has 3 aromatic rings.